The number of hydrogen-bond donors (Lipinski definition) is 2. The van der Waals surface area contributed by atoms with Crippen molar-refractivity contribution in [1.29, 1.82) is 0 Å². The third-order valence-corrected chi connectivity index (χ3v) is 3.48. The molecule has 1 unspecified atom stereocenters. The second-order valence-corrected chi connectivity index (χ2v) is 6.22. The molecule has 0 aromatic rings. The molecular formula is C14H31N3O. The zero-order chi connectivity index (χ0) is 14.3. The summed E-state index contributed by atoms with van der Waals surface area (Å²) in [5.74, 6) is 0.578. The molecule has 0 aliphatic carbocycles. The Morgan fingerprint density at radius 3 is 2.39 bits per heavy atom. The average Bonchev–Trinajstić information content (AvgIpc) is 2.24. The number of carbonyl (C=O) groups is 1. The molecule has 0 rings (SSSR count). The van der Waals surface area contributed by atoms with Crippen LogP contribution in [0.25, 0.3) is 0 Å². The van der Waals surface area contributed by atoms with Crippen molar-refractivity contribution in [3.05, 3.63) is 0 Å². The van der Waals surface area contributed by atoms with E-state index >= 15 is 0 Å². The summed E-state index contributed by atoms with van der Waals surface area (Å²) >= 11 is 0. The Balaban J connectivity index is 3.95. The van der Waals surface area contributed by atoms with Crippen LogP contribution in [-0.4, -0.2) is 42.5 Å². The summed E-state index contributed by atoms with van der Waals surface area (Å²) in [5, 5.41) is 3.04. The third kappa shape index (κ3) is 7.67. The monoisotopic (exact) mass is 257 g/mol. The Labute approximate surface area is 112 Å². The second-order valence-electron chi connectivity index (χ2n) is 6.22. The lowest BCUT2D eigenvalue weighted by Crippen LogP contribution is -2.47. The van der Waals surface area contributed by atoms with E-state index in [-0.39, 0.29) is 17.5 Å². The Kier molecular flexibility index (Phi) is 7.48. The van der Waals surface area contributed by atoms with E-state index in [1.54, 1.807) is 0 Å². The minimum absolute atomic E-state index is 0.0856. The largest absolute Gasteiger partial charge is 0.350 e. The maximum absolute atomic E-state index is 11.8. The van der Waals surface area contributed by atoms with E-state index in [1.807, 2.05) is 25.8 Å². The molecular weight excluding hydrogens is 226 g/mol. The normalized spacial score (nSPS) is 14.1. The molecule has 0 heterocycles. The van der Waals surface area contributed by atoms with Gasteiger partial charge < -0.3 is 11.1 Å². The van der Waals surface area contributed by atoms with Gasteiger partial charge in [-0.05, 0) is 46.2 Å². The van der Waals surface area contributed by atoms with Gasteiger partial charge in [-0.3, -0.25) is 9.69 Å². The summed E-state index contributed by atoms with van der Waals surface area (Å²) in [6.45, 7) is 11.7. The molecule has 0 aliphatic heterocycles. The molecule has 0 aromatic carbocycles. The first-order valence-electron chi connectivity index (χ1n) is 6.93. The van der Waals surface area contributed by atoms with Gasteiger partial charge in [-0.1, -0.05) is 20.8 Å². The highest BCUT2D eigenvalue weighted by Crippen LogP contribution is 2.07. The first-order valence-corrected chi connectivity index (χ1v) is 6.93. The zero-order valence-electron chi connectivity index (χ0n) is 12.9. The SMILES string of the molecule is CCC(C)(C)NC(=O)CN(C)CCC(N)C(C)C. The van der Waals surface area contributed by atoms with Crippen LogP contribution in [0.1, 0.15) is 47.5 Å². The average molecular weight is 257 g/mol. The van der Waals surface area contributed by atoms with Crippen molar-refractivity contribution >= 4 is 5.91 Å². The Morgan fingerprint density at radius 1 is 1.39 bits per heavy atom. The van der Waals surface area contributed by atoms with Gasteiger partial charge in [0, 0.05) is 11.6 Å². The van der Waals surface area contributed by atoms with E-state index in [0.717, 1.165) is 19.4 Å². The van der Waals surface area contributed by atoms with Gasteiger partial charge in [0.2, 0.25) is 5.91 Å². The summed E-state index contributed by atoms with van der Waals surface area (Å²) in [7, 11) is 1.96. The summed E-state index contributed by atoms with van der Waals surface area (Å²) in [6.07, 6.45) is 1.86. The highest BCUT2D eigenvalue weighted by molar-refractivity contribution is 5.78. The lowest BCUT2D eigenvalue weighted by atomic mass is 10.0. The van der Waals surface area contributed by atoms with Crippen molar-refractivity contribution < 1.29 is 4.79 Å². The lowest BCUT2D eigenvalue weighted by Gasteiger charge is -2.26. The minimum atomic E-state index is -0.119. The fourth-order valence-electron chi connectivity index (χ4n) is 1.53. The van der Waals surface area contributed by atoms with Gasteiger partial charge in [0.15, 0.2) is 0 Å². The van der Waals surface area contributed by atoms with Crippen molar-refractivity contribution in [2.75, 3.05) is 20.1 Å². The number of likely N-dealkylation sites (N-methyl/N-ethyl adjacent to an activating group) is 1. The van der Waals surface area contributed by atoms with Gasteiger partial charge in [0.1, 0.15) is 0 Å². The number of nitrogens with two attached hydrogens (primary N) is 1. The van der Waals surface area contributed by atoms with Gasteiger partial charge in [-0.25, -0.2) is 0 Å². The van der Waals surface area contributed by atoms with Crippen LogP contribution in [0.2, 0.25) is 0 Å². The highest BCUT2D eigenvalue weighted by Gasteiger charge is 2.18. The third-order valence-electron chi connectivity index (χ3n) is 3.48. The predicted octanol–water partition coefficient (Wildman–Crippen LogP) is 1.60. The van der Waals surface area contributed by atoms with E-state index in [2.05, 4.69) is 26.1 Å². The van der Waals surface area contributed by atoms with Crippen LogP contribution >= 0.6 is 0 Å². The van der Waals surface area contributed by atoms with E-state index in [4.69, 9.17) is 5.73 Å². The number of carbonyl (C=O) groups excluding carboxylic acids is 1. The van der Waals surface area contributed by atoms with E-state index in [9.17, 15) is 4.79 Å². The highest BCUT2D eigenvalue weighted by atomic mass is 16.2. The number of hydrogen-bond acceptors (Lipinski definition) is 3. The molecule has 0 saturated heterocycles. The van der Waals surface area contributed by atoms with Crippen LogP contribution < -0.4 is 11.1 Å². The molecule has 0 saturated carbocycles. The summed E-state index contributed by atoms with van der Waals surface area (Å²) in [4.78, 5) is 13.9. The van der Waals surface area contributed by atoms with Gasteiger partial charge >= 0.3 is 0 Å². The Morgan fingerprint density at radius 2 is 1.94 bits per heavy atom. The van der Waals surface area contributed by atoms with E-state index in [1.165, 1.54) is 0 Å². The number of nitrogens with zero attached hydrogens (tertiary/aromatic N) is 1. The molecule has 18 heavy (non-hydrogen) atoms. The molecule has 0 spiro atoms. The smallest absolute Gasteiger partial charge is 0.234 e. The van der Waals surface area contributed by atoms with Crippen molar-refractivity contribution in [3.63, 3.8) is 0 Å². The molecule has 0 radical (unpaired) electrons. The molecule has 4 nitrogen and oxygen atoms in total. The van der Waals surface area contributed by atoms with E-state index in [0.29, 0.717) is 12.5 Å². The number of rotatable bonds is 8. The van der Waals surface area contributed by atoms with Gasteiger partial charge in [0.05, 0.1) is 6.54 Å². The quantitative estimate of drug-likeness (QED) is 0.694. The molecule has 1 amide bonds. The topological polar surface area (TPSA) is 58.4 Å². The van der Waals surface area contributed by atoms with E-state index < -0.39 is 0 Å². The maximum Gasteiger partial charge on any atom is 0.234 e. The van der Waals surface area contributed by atoms with Crippen molar-refractivity contribution in [3.8, 4) is 0 Å². The van der Waals surface area contributed by atoms with Crippen LogP contribution in [-0.2, 0) is 4.79 Å². The van der Waals surface area contributed by atoms with Crippen molar-refractivity contribution in [1.82, 2.24) is 10.2 Å². The maximum atomic E-state index is 11.8. The fourth-order valence-corrected chi connectivity index (χ4v) is 1.53. The predicted molar refractivity (Wildman–Crippen MR) is 77.4 cm³/mol. The molecule has 0 fully saturated rings. The van der Waals surface area contributed by atoms with Crippen LogP contribution in [0.4, 0.5) is 0 Å². The lowest BCUT2D eigenvalue weighted by molar-refractivity contribution is -0.123. The van der Waals surface area contributed by atoms with Crippen LogP contribution in [0.5, 0.6) is 0 Å². The van der Waals surface area contributed by atoms with Crippen molar-refractivity contribution in [2.24, 2.45) is 11.7 Å². The molecule has 0 bridgehead atoms. The van der Waals surface area contributed by atoms with Crippen LogP contribution in [0, 0.1) is 5.92 Å². The first kappa shape index (κ1) is 17.4. The molecule has 108 valence electrons. The Hall–Kier alpha value is -0.610. The van der Waals surface area contributed by atoms with Gasteiger partial charge in [-0.15, -0.1) is 0 Å². The molecule has 0 aliphatic rings. The number of nitrogens with one attached hydrogen (secondary N) is 1. The molecule has 1 atom stereocenters. The van der Waals surface area contributed by atoms with Crippen molar-refractivity contribution in [2.45, 2.75) is 59.0 Å². The summed E-state index contributed by atoms with van der Waals surface area (Å²) < 4.78 is 0. The van der Waals surface area contributed by atoms with Gasteiger partial charge in [0.25, 0.3) is 0 Å². The first-order chi connectivity index (χ1) is 8.18. The molecule has 4 heteroatoms. The van der Waals surface area contributed by atoms with Gasteiger partial charge in [-0.2, -0.15) is 0 Å². The molecule has 3 N–H and O–H groups in total. The Bertz CT molecular complexity index is 251. The number of amides is 1. The second kappa shape index (κ2) is 7.74. The van der Waals surface area contributed by atoms with Crippen LogP contribution in [0.3, 0.4) is 0 Å². The zero-order valence-corrected chi connectivity index (χ0v) is 12.9. The fraction of sp³-hybridized carbons (Fsp3) is 0.929. The minimum Gasteiger partial charge on any atom is -0.350 e. The standard InChI is InChI=1S/C14H31N3O/c1-7-14(4,5)16-13(18)10-17(6)9-8-12(15)11(2)3/h11-12H,7-10,15H2,1-6H3,(H,16,18). The summed E-state index contributed by atoms with van der Waals surface area (Å²) in [5.41, 5.74) is 5.87. The van der Waals surface area contributed by atoms with Crippen LogP contribution in [0.15, 0.2) is 0 Å². The molecule has 0 aromatic heterocycles. The summed E-state index contributed by atoms with van der Waals surface area (Å²) in [6, 6.07) is 0.211.